The van der Waals surface area contributed by atoms with Gasteiger partial charge in [0.05, 0.1) is 11.2 Å². The fourth-order valence-corrected chi connectivity index (χ4v) is 3.23. The maximum Gasteiger partial charge on any atom is 0.283 e. The third kappa shape index (κ3) is 2.94. The molecule has 0 atom stereocenters. The number of rotatable bonds is 3. The lowest BCUT2D eigenvalue weighted by atomic mass is 10.2. The van der Waals surface area contributed by atoms with Crippen LogP contribution >= 0.6 is 22.9 Å². The van der Waals surface area contributed by atoms with Crippen LogP contribution in [0.25, 0.3) is 10.1 Å². The molecular weight excluding hydrogens is 306 g/mol. The van der Waals surface area contributed by atoms with Crippen molar-refractivity contribution in [2.45, 2.75) is 0 Å². The fourth-order valence-electron chi connectivity index (χ4n) is 1.83. The van der Waals surface area contributed by atoms with Gasteiger partial charge in [-0.25, -0.2) is 5.43 Å². The summed E-state index contributed by atoms with van der Waals surface area (Å²) in [5, 5.41) is 5.27. The monoisotopic (exact) mass is 315 g/mol. The van der Waals surface area contributed by atoms with Crippen molar-refractivity contribution in [1.29, 1.82) is 0 Å². The SMILES string of the molecule is O=C(N/N=C\c1ccncc1)c1sc2ccccc2c1Cl. The largest absolute Gasteiger partial charge is 0.283 e. The molecule has 0 unspecified atom stereocenters. The number of thiophene rings is 1. The molecule has 0 spiro atoms. The second-order valence-electron chi connectivity index (χ2n) is 4.22. The molecule has 104 valence electrons. The van der Waals surface area contributed by atoms with E-state index in [2.05, 4.69) is 15.5 Å². The Morgan fingerprint density at radius 3 is 2.76 bits per heavy atom. The van der Waals surface area contributed by atoms with E-state index in [-0.39, 0.29) is 5.91 Å². The van der Waals surface area contributed by atoms with Gasteiger partial charge in [0, 0.05) is 22.5 Å². The molecule has 0 saturated carbocycles. The molecule has 2 heterocycles. The second kappa shape index (κ2) is 6.03. The number of hydrogen-bond acceptors (Lipinski definition) is 4. The zero-order chi connectivity index (χ0) is 14.7. The van der Waals surface area contributed by atoms with Crippen molar-refractivity contribution in [2.24, 2.45) is 5.10 Å². The minimum absolute atomic E-state index is 0.313. The second-order valence-corrected chi connectivity index (χ2v) is 5.65. The van der Waals surface area contributed by atoms with Gasteiger partial charge < -0.3 is 0 Å². The van der Waals surface area contributed by atoms with E-state index in [1.807, 2.05) is 24.3 Å². The van der Waals surface area contributed by atoms with Gasteiger partial charge >= 0.3 is 0 Å². The van der Waals surface area contributed by atoms with Crippen molar-refractivity contribution >= 4 is 45.1 Å². The predicted molar refractivity (Wildman–Crippen MR) is 86.1 cm³/mol. The summed E-state index contributed by atoms with van der Waals surface area (Å²) in [5.41, 5.74) is 3.34. The molecule has 3 aromatic rings. The molecule has 1 amide bonds. The number of carbonyl (C=O) groups excluding carboxylic acids is 1. The number of hydrogen-bond donors (Lipinski definition) is 1. The lowest BCUT2D eigenvalue weighted by molar-refractivity contribution is 0.0959. The van der Waals surface area contributed by atoms with Crippen molar-refractivity contribution < 1.29 is 4.79 Å². The highest BCUT2D eigenvalue weighted by Crippen LogP contribution is 2.34. The molecule has 21 heavy (non-hydrogen) atoms. The normalized spacial score (nSPS) is 11.1. The van der Waals surface area contributed by atoms with E-state index in [1.165, 1.54) is 11.3 Å². The van der Waals surface area contributed by atoms with Gasteiger partial charge in [-0.2, -0.15) is 5.10 Å². The highest BCUT2D eigenvalue weighted by atomic mass is 35.5. The molecule has 1 N–H and O–H groups in total. The smallest absolute Gasteiger partial charge is 0.266 e. The quantitative estimate of drug-likeness (QED) is 0.591. The maximum atomic E-state index is 12.1. The lowest BCUT2D eigenvalue weighted by Gasteiger charge is -1.97. The molecule has 0 aliphatic rings. The van der Waals surface area contributed by atoms with Crippen LogP contribution < -0.4 is 5.43 Å². The first-order valence-electron chi connectivity index (χ1n) is 6.16. The zero-order valence-corrected chi connectivity index (χ0v) is 12.4. The number of carbonyl (C=O) groups is 1. The van der Waals surface area contributed by atoms with Gasteiger partial charge in [-0.05, 0) is 23.8 Å². The fraction of sp³-hybridized carbons (Fsp3) is 0. The van der Waals surface area contributed by atoms with Gasteiger partial charge in [-0.1, -0.05) is 29.8 Å². The number of aromatic nitrogens is 1. The maximum absolute atomic E-state index is 12.1. The van der Waals surface area contributed by atoms with E-state index in [4.69, 9.17) is 11.6 Å². The Labute approximate surface area is 130 Å². The predicted octanol–water partition coefficient (Wildman–Crippen LogP) is 3.71. The highest BCUT2D eigenvalue weighted by molar-refractivity contribution is 7.21. The van der Waals surface area contributed by atoms with Crippen LogP contribution in [0.2, 0.25) is 5.02 Å². The first kappa shape index (κ1) is 13.7. The molecule has 0 aliphatic carbocycles. The van der Waals surface area contributed by atoms with Crippen molar-refractivity contribution in [3.63, 3.8) is 0 Å². The molecule has 0 aliphatic heterocycles. The number of benzene rings is 1. The van der Waals surface area contributed by atoms with Gasteiger partial charge in [0.15, 0.2) is 0 Å². The van der Waals surface area contributed by atoms with E-state index in [0.29, 0.717) is 9.90 Å². The third-order valence-electron chi connectivity index (χ3n) is 2.83. The Bertz CT molecular complexity index is 814. The summed E-state index contributed by atoms with van der Waals surface area (Å²) in [5.74, 6) is -0.313. The average Bonchev–Trinajstić information content (AvgIpc) is 2.86. The van der Waals surface area contributed by atoms with Crippen molar-refractivity contribution in [3.8, 4) is 0 Å². The minimum Gasteiger partial charge on any atom is -0.266 e. The van der Waals surface area contributed by atoms with Crippen LogP contribution in [-0.2, 0) is 0 Å². The van der Waals surface area contributed by atoms with Crippen LogP contribution in [-0.4, -0.2) is 17.1 Å². The van der Waals surface area contributed by atoms with Crippen LogP contribution in [0.3, 0.4) is 0 Å². The first-order valence-corrected chi connectivity index (χ1v) is 7.35. The standard InChI is InChI=1S/C15H10ClN3OS/c16-13-11-3-1-2-4-12(11)21-14(13)15(20)19-18-9-10-5-7-17-8-6-10/h1-9H,(H,19,20)/b18-9-. The van der Waals surface area contributed by atoms with Crippen LogP contribution in [0.15, 0.2) is 53.9 Å². The third-order valence-corrected chi connectivity index (χ3v) is 4.50. The molecule has 0 bridgehead atoms. The Morgan fingerprint density at radius 2 is 2.00 bits per heavy atom. The molecule has 4 nitrogen and oxygen atoms in total. The van der Waals surface area contributed by atoms with Gasteiger partial charge in [0.2, 0.25) is 0 Å². The van der Waals surface area contributed by atoms with E-state index in [1.54, 1.807) is 30.7 Å². The number of halogens is 1. The summed E-state index contributed by atoms with van der Waals surface area (Å²) >= 11 is 7.59. The number of amides is 1. The Balaban J connectivity index is 1.78. The van der Waals surface area contributed by atoms with Gasteiger partial charge in [0.25, 0.3) is 5.91 Å². The van der Waals surface area contributed by atoms with Crippen molar-refractivity contribution in [2.75, 3.05) is 0 Å². The van der Waals surface area contributed by atoms with Crippen LogP contribution in [0.4, 0.5) is 0 Å². The summed E-state index contributed by atoms with van der Waals surface area (Å²) in [6, 6.07) is 11.2. The Hall–Kier alpha value is -2.24. The molecule has 0 saturated heterocycles. The molecule has 0 fully saturated rings. The van der Waals surface area contributed by atoms with E-state index < -0.39 is 0 Å². The van der Waals surface area contributed by atoms with Crippen molar-refractivity contribution in [3.05, 3.63) is 64.3 Å². The van der Waals surface area contributed by atoms with Crippen LogP contribution in [0.5, 0.6) is 0 Å². The molecule has 2 aromatic heterocycles. The van der Waals surface area contributed by atoms with Crippen LogP contribution in [0, 0.1) is 0 Å². The number of pyridine rings is 1. The molecule has 3 rings (SSSR count). The molecular formula is C15H10ClN3OS. The summed E-state index contributed by atoms with van der Waals surface area (Å²) in [6.45, 7) is 0. The zero-order valence-electron chi connectivity index (χ0n) is 10.8. The van der Waals surface area contributed by atoms with Gasteiger partial charge in [-0.15, -0.1) is 11.3 Å². The number of fused-ring (bicyclic) bond motifs is 1. The molecule has 1 aromatic carbocycles. The number of nitrogens with one attached hydrogen (secondary N) is 1. The Kier molecular flexibility index (Phi) is 3.94. The minimum atomic E-state index is -0.313. The molecule has 6 heteroatoms. The van der Waals surface area contributed by atoms with E-state index >= 15 is 0 Å². The average molecular weight is 316 g/mol. The van der Waals surface area contributed by atoms with E-state index in [9.17, 15) is 4.79 Å². The van der Waals surface area contributed by atoms with Crippen LogP contribution in [0.1, 0.15) is 15.2 Å². The van der Waals surface area contributed by atoms with Gasteiger partial charge in [-0.3, -0.25) is 9.78 Å². The van der Waals surface area contributed by atoms with Crippen molar-refractivity contribution in [1.82, 2.24) is 10.4 Å². The first-order chi connectivity index (χ1) is 10.3. The Morgan fingerprint density at radius 1 is 1.24 bits per heavy atom. The number of hydrazone groups is 1. The summed E-state index contributed by atoms with van der Waals surface area (Å²) < 4.78 is 0.978. The number of nitrogens with zero attached hydrogens (tertiary/aromatic N) is 2. The lowest BCUT2D eigenvalue weighted by Crippen LogP contribution is -2.16. The highest BCUT2D eigenvalue weighted by Gasteiger charge is 2.16. The summed E-state index contributed by atoms with van der Waals surface area (Å²) in [6.07, 6.45) is 4.87. The van der Waals surface area contributed by atoms with E-state index in [0.717, 1.165) is 15.6 Å². The summed E-state index contributed by atoms with van der Waals surface area (Å²) in [7, 11) is 0. The van der Waals surface area contributed by atoms with Gasteiger partial charge in [0.1, 0.15) is 4.88 Å². The topological polar surface area (TPSA) is 54.4 Å². The molecule has 0 radical (unpaired) electrons. The summed E-state index contributed by atoms with van der Waals surface area (Å²) in [4.78, 5) is 16.5.